The number of carbonyl (C=O) groups excluding carboxylic acids is 1. The quantitative estimate of drug-likeness (QED) is 0.451. The van der Waals surface area contributed by atoms with Crippen LogP contribution in [0.15, 0.2) is 11.6 Å². The Morgan fingerprint density at radius 1 is 1.23 bits per heavy atom. The lowest BCUT2D eigenvalue weighted by Gasteiger charge is -2.58. The van der Waals surface area contributed by atoms with Gasteiger partial charge in [-0.2, -0.15) is 0 Å². The predicted molar refractivity (Wildman–Crippen MR) is 97.2 cm³/mol. The first-order valence-corrected chi connectivity index (χ1v) is 10.5. The number of ether oxygens (including phenoxy) is 1. The van der Waals surface area contributed by atoms with Crippen LogP contribution in [-0.2, 0) is 9.53 Å². The largest absolute Gasteiger partial charge is 0.390 e. The van der Waals surface area contributed by atoms with E-state index in [1.54, 1.807) is 0 Å². The molecule has 0 bridgehead atoms. The molecule has 4 aliphatic carbocycles. The Balaban J connectivity index is 1.53. The van der Waals surface area contributed by atoms with Crippen molar-refractivity contribution >= 4 is 6.29 Å². The van der Waals surface area contributed by atoms with Crippen molar-refractivity contribution in [3.05, 3.63) is 11.6 Å². The van der Waals surface area contributed by atoms with Crippen LogP contribution in [-0.4, -0.2) is 40.9 Å². The molecular weight excluding hydrogens is 328 g/mol. The van der Waals surface area contributed by atoms with Crippen LogP contribution >= 0.6 is 0 Å². The summed E-state index contributed by atoms with van der Waals surface area (Å²) in [7, 11) is 0. The minimum Gasteiger partial charge on any atom is -0.390 e. The van der Waals surface area contributed by atoms with Gasteiger partial charge in [-0.1, -0.05) is 32.4 Å². The molecule has 5 rings (SSSR count). The monoisotopic (exact) mass is 360 g/mol. The van der Waals surface area contributed by atoms with Crippen LogP contribution < -0.4 is 0 Å². The van der Waals surface area contributed by atoms with Crippen LogP contribution in [0.2, 0.25) is 0 Å². The smallest absolute Gasteiger partial charge is 0.123 e. The van der Waals surface area contributed by atoms with E-state index in [1.807, 2.05) is 0 Å². The Morgan fingerprint density at radius 2 is 2.00 bits per heavy atom. The number of rotatable bonds is 2. The average molecular weight is 360 g/mol. The van der Waals surface area contributed by atoms with Crippen LogP contribution in [0.3, 0.4) is 0 Å². The van der Waals surface area contributed by atoms with Crippen molar-refractivity contribution in [3.63, 3.8) is 0 Å². The van der Waals surface area contributed by atoms with Gasteiger partial charge in [0.05, 0.1) is 18.3 Å². The molecule has 0 amide bonds. The second kappa shape index (κ2) is 5.42. The molecule has 5 aliphatic rings. The van der Waals surface area contributed by atoms with Crippen molar-refractivity contribution in [2.24, 2.45) is 40.4 Å². The number of hydrogen-bond acceptors (Lipinski definition) is 4. The minimum atomic E-state index is -0.430. The Labute approximate surface area is 156 Å². The molecule has 0 aromatic rings. The number of aliphatic hydroxyl groups excluding tert-OH is 2. The summed E-state index contributed by atoms with van der Waals surface area (Å²) in [6.45, 7) is 6.77. The number of carbonyl (C=O) groups is 1. The molecule has 26 heavy (non-hydrogen) atoms. The van der Waals surface area contributed by atoms with E-state index in [2.05, 4.69) is 26.8 Å². The van der Waals surface area contributed by atoms with Crippen molar-refractivity contribution in [2.75, 3.05) is 0 Å². The fourth-order valence-corrected chi connectivity index (χ4v) is 8.03. The van der Waals surface area contributed by atoms with E-state index < -0.39 is 12.2 Å². The molecular formula is C22H32O4. The average Bonchev–Trinajstić information content (AvgIpc) is 3.35. The Bertz CT molecular complexity index is 659. The summed E-state index contributed by atoms with van der Waals surface area (Å²) >= 11 is 0. The van der Waals surface area contributed by atoms with Gasteiger partial charge in [-0.15, -0.1) is 0 Å². The number of fused-ring (bicyclic) bond motifs is 7. The first kappa shape index (κ1) is 17.4. The summed E-state index contributed by atoms with van der Waals surface area (Å²) in [4.78, 5) is 11.5. The molecule has 1 unspecified atom stereocenters. The fraction of sp³-hybridized carbons (Fsp3) is 0.864. The van der Waals surface area contributed by atoms with Crippen molar-refractivity contribution in [1.82, 2.24) is 0 Å². The van der Waals surface area contributed by atoms with Crippen molar-refractivity contribution in [1.29, 1.82) is 0 Å². The SMILES string of the molecule is CC(C=O)[C@H]1CC[C@H]2[C@@H]3[C@H](O)C=C4C[C@@H](O)[C@@H]5O[C@@H]5[C@]4(C)[C@H]3CC[C@]12C. The molecule has 0 spiro atoms. The third-order valence-electron chi connectivity index (χ3n) is 9.41. The molecule has 1 aliphatic heterocycles. The summed E-state index contributed by atoms with van der Waals surface area (Å²) < 4.78 is 5.94. The van der Waals surface area contributed by atoms with Crippen LogP contribution in [0.1, 0.15) is 52.9 Å². The normalized spacial score (nSPS) is 58.6. The number of aldehydes is 1. The molecule has 11 atom stereocenters. The Kier molecular flexibility index (Phi) is 3.63. The van der Waals surface area contributed by atoms with E-state index in [0.717, 1.165) is 32.0 Å². The molecule has 1 saturated heterocycles. The highest BCUT2D eigenvalue weighted by atomic mass is 16.6. The highest BCUT2D eigenvalue weighted by Crippen LogP contribution is 2.69. The lowest BCUT2D eigenvalue weighted by atomic mass is 9.46. The molecule has 144 valence electrons. The van der Waals surface area contributed by atoms with Crippen LogP contribution in [0.25, 0.3) is 0 Å². The van der Waals surface area contributed by atoms with Crippen molar-refractivity contribution in [3.8, 4) is 0 Å². The summed E-state index contributed by atoms with van der Waals surface area (Å²) in [5, 5.41) is 21.4. The summed E-state index contributed by atoms with van der Waals surface area (Å²) in [5.41, 5.74) is 1.34. The highest BCUT2D eigenvalue weighted by Gasteiger charge is 2.68. The first-order chi connectivity index (χ1) is 12.3. The molecule has 4 heteroatoms. The first-order valence-electron chi connectivity index (χ1n) is 10.5. The van der Waals surface area contributed by atoms with E-state index in [1.165, 1.54) is 5.57 Å². The lowest BCUT2D eigenvalue weighted by molar-refractivity contribution is -0.118. The molecule has 3 saturated carbocycles. The van der Waals surface area contributed by atoms with Gasteiger partial charge in [-0.25, -0.2) is 0 Å². The topological polar surface area (TPSA) is 70.1 Å². The van der Waals surface area contributed by atoms with Gasteiger partial charge in [-0.05, 0) is 61.2 Å². The van der Waals surface area contributed by atoms with Crippen LogP contribution in [0.5, 0.6) is 0 Å². The molecule has 0 aromatic heterocycles. The van der Waals surface area contributed by atoms with Crippen molar-refractivity contribution < 1.29 is 19.7 Å². The molecule has 0 aromatic carbocycles. The van der Waals surface area contributed by atoms with Gasteiger partial charge < -0.3 is 19.7 Å². The predicted octanol–water partition coefficient (Wildman–Crippen LogP) is 2.72. The van der Waals surface area contributed by atoms with E-state index in [4.69, 9.17) is 4.74 Å². The van der Waals surface area contributed by atoms with Gasteiger partial charge in [0.2, 0.25) is 0 Å². The third-order valence-corrected chi connectivity index (χ3v) is 9.41. The van der Waals surface area contributed by atoms with Gasteiger partial charge in [0.1, 0.15) is 12.4 Å². The maximum atomic E-state index is 11.5. The summed E-state index contributed by atoms with van der Waals surface area (Å²) in [6.07, 6.45) is 7.55. The van der Waals surface area contributed by atoms with Gasteiger partial charge in [0, 0.05) is 11.3 Å². The zero-order valence-electron chi connectivity index (χ0n) is 16.1. The minimum absolute atomic E-state index is 0.00670. The van der Waals surface area contributed by atoms with Gasteiger partial charge >= 0.3 is 0 Å². The maximum Gasteiger partial charge on any atom is 0.123 e. The molecule has 2 N–H and O–H groups in total. The third kappa shape index (κ3) is 1.99. The zero-order valence-corrected chi connectivity index (χ0v) is 16.1. The van der Waals surface area contributed by atoms with E-state index in [0.29, 0.717) is 24.2 Å². The second-order valence-corrected chi connectivity index (χ2v) is 10.3. The van der Waals surface area contributed by atoms with Crippen LogP contribution in [0.4, 0.5) is 0 Å². The van der Waals surface area contributed by atoms with Gasteiger partial charge in [0.15, 0.2) is 0 Å². The lowest BCUT2D eigenvalue weighted by Crippen LogP contribution is -2.57. The molecule has 0 radical (unpaired) electrons. The summed E-state index contributed by atoms with van der Waals surface area (Å²) in [6, 6.07) is 0. The van der Waals surface area contributed by atoms with E-state index in [-0.39, 0.29) is 34.9 Å². The zero-order chi connectivity index (χ0) is 18.4. The van der Waals surface area contributed by atoms with Crippen LogP contribution in [0, 0.1) is 40.4 Å². The van der Waals surface area contributed by atoms with Gasteiger partial charge in [0.25, 0.3) is 0 Å². The van der Waals surface area contributed by atoms with Crippen molar-refractivity contribution in [2.45, 2.75) is 77.3 Å². The summed E-state index contributed by atoms with van der Waals surface area (Å²) in [5.74, 6) is 1.69. The highest BCUT2D eigenvalue weighted by molar-refractivity contribution is 5.54. The number of hydrogen-bond donors (Lipinski definition) is 2. The second-order valence-electron chi connectivity index (χ2n) is 10.3. The molecule has 1 heterocycles. The number of aliphatic hydroxyl groups is 2. The molecule has 4 fully saturated rings. The Morgan fingerprint density at radius 3 is 2.73 bits per heavy atom. The maximum absolute atomic E-state index is 11.5. The number of epoxide rings is 1. The molecule has 4 nitrogen and oxygen atoms in total. The van der Waals surface area contributed by atoms with E-state index in [9.17, 15) is 15.0 Å². The Hall–Kier alpha value is -0.710. The standard InChI is InChI=1S/C22H32O4/c1-11(10-23)13-4-5-14-18-15(6-7-21(13,14)2)22(3)12(8-16(18)24)9-17(25)19-20(22)26-19/h8,10-11,13-20,24-25H,4-7,9H2,1-3H3/t11?,13-,14+,15+,16-,17-,18+,19+,20+,21-,22+/m1/s1. The van der Waals surface area contributed by atoms with E-state index >= 15 is 0 Å². The van der Waals surface area contributed by atoms with Gasteiger partial charge in [-0.3, -0.25) is 0 Å². The fourth-order valence-electron chi connectivity index (χ4n) is 8.03.